The largest absolute Gasteiger partial charge is 0.509 e. The van der Waals surface area contributed by atoms with E-state index in [1.165, 1.54) is 25.7 Å². The van der Waals surface area contributed by atoms with E-state index in [1.54, 1.807) is 6.92 Å². The fourth-order valence-electron chi connectivity index (χ4n) is 1.20. The summed E-state index contributed by atoms with van der Waals surface area (Å²) in [5.74, 6) is 0. The molecular weight excluding hydrogens is 216 g/mol. The number of hydrogen-bond donors (Lipinski definition) is 0. The molecule has 0 saturated carbocycles. The quantitative estimate of drug-likeness (QED) is 0.362. The third-order valence-electron chi connectivity index (χ3n) is 1.98. The second-order valence-corrected chi connectivity index (χ2v) is 4.14. The SMILES string of the molecule is CCCCCCCCOC(=O)OC(C)Cl. The molecule has 0 heterocycles. The van der Waals surface area contributed by atoms with E-state index in [2.05, 4.69) is 11.7 Å². The molecule has 15 heavy (non-hydrogen) atoms. The first-order valence-electron chi connectivity index (χ1n) is 5.64. The standard InChI is InChI=1S/C11H21ClO3/c1-3-4-5-6-7-8-9-14-11(13)15-10(2)12/h10H,3-9H2,1-2H3. The van der Waals surface area contributed by atoms with Crippen molar-refractivity contribution in [2.75, 3.05) is 6.61 Å². The normalized spacial score (nSPS) is 12.2. The Morgan fingerprint density at radius 2 is 1.80 bits per heavy atom. The van der Waals surface area contributed by atoms with Crippen molar-refractivity contribution in [1.82, 2.24) is 0 Å². The summed E-state index contributed by atoms with van der Waals surface area (Å²) in [4.78, 5) is 10.9. The minimum Gasteiger partial charge on any atom is -0.434 e. The van der Waals surface area contributed by atoms with Gasteiger partial charge in [0, 0.05) is 0 Å². The van der Waals surface area contributed by atoms with Crippen LogP contribution in [0.2, 0.25) is 0 Å². The Kier molecular flexibility index (Phi) is 9.79. The van der Waals surface area contributed by atoms with E-state index in [-0.39, 0.29) is 0 Å². The van der Waals surface area contributed by atoms with Crippen LogP contribution >= 0.6 is 11.6 Å². The topological polar surface area (TPSA) is 35.5 Å². The summed E-state index contributed by atoms with van der Waals surface area (Å²) in [5.41, 5.74) is -0.623. The molecule has 0 rings (SSSR count). The number of carbonyl (C=O) groups is 1. The molecule has 0 fully saturated rings. The molecule has 0 aromatic heterocycles. The maximum absolute atomic E-state index is 10.9. The van der Waals surface area contributed by atoms with E-state index in [9.17, 15) is 4.79 Å². The number of ether oxygens (including phenoxy) is 2. The van der Waals surface area contributed by atoms with Gasteiger partial charge in [-0.15, -0.1) is 0 Å². The molecule has 0 amide bonds. The first-order valence-corrected chi connectivity index (χ1v) is 6.08. The van der Waals surface area contributed by atoms with Gasteiger partial charge in [-0.1, -0.05) is 50.6 Å². The lowest BCUT2D eigenvalue weighted by Crippen LogP contribution is -2.12. The summed E-state index contributed by atoms with van der Waals surface area (Å²) in [6, 6.07) is 0. The summed E-state index contributed by atoms with van der Waals surface area (Å²) in [6.07, 6.45) is 6.33. The van der Waals surface area contributed by atoms with Crippen LogP contribution in [0.1, 0.15) is 52.4 Å². The zero-order chi connectivity index (χ0) is 11.5. The Hall–Kier alpha value is -0.440. The molecule has 0 radical (unpaired) electrons. The zero-order valence-corrected chi connectivity index (χ0v) is 10.4. The van der Waals surface area contributed by atoms with E-state index in [4.69, 9.17) is 16.3 Å². The fraction of sp³-hybridized carbons (Fsp3) is 0.909. The lowest BCUT2D eigenvalue weighted by Gasteiger charge is -2.06. The summed E-state index contributed by atoms with van der Waals surface area (Å²) >= 11 is 5.45. The lowest BCUT2D eigenvalue weighted by atomic mass is 10.1. The van der Waals surface area contributed by atoms with Crippen LogP contribution in [-0.4, -0.2) is 18.3 Å². The van der Waals surface area contributed by atoms with Gasteiger partial charge in [-0.05, 0) is 13.3 Å². The summed E-state index contributed by atoms with van der Waals surface area (Å²) in [7, 11) is 0. The maximum atomic E-state index is 10.9. The highest BCUT2D eigenvalue weighted by Crippen LogP contribution is 2.05. The molecule has 0 aromatic rings. The molecule has 0 aliphatic rings. The van der Waals surface area contributed by atoms with Crippen molar-refractivity contribution in [1.29, 1.82) is 0 Å². The van der Waals surface area contributed by atoms with Gasteiger partial charge in [-0.25, -0.2) is 4.79 Å². The Morgan fingerprint density at radius 3 is 2.40 bits per heavy atom. The Morgan fingerprint density at radius 1 is 1.20 bits per heavy atom. The van der Waals surface area contributed by atoms with E-state index >= 15 is 0 Å². The highest BCUT2D eigenvalue weighted by molar-refractivity contribution is 6.19. The van der Waals surface area contributed by atoms with Gasteiger partial charge in [0.25, 0.3) is 0 Å². The number of rotatable bonds is 8. The predicted molar refractivity (Wildman–Crippen MR) is 61.1 cm³/mol. The molecule has 0 spiro atoms. The average molecular weight is 237 g/mol. The van der Waals surface area contributed by atoms with Gasteiger partial charge in [0.05, 0.1) is 6.61 Å². The summed E-state index contributed by atoms with van der Waals surface area (Å²) in [5, 5.41) is 0. The van der Waals surface area contributed by atoms with Crippen molar-refractivity contribution in [2.24, 2.45) is 0 Å². The molecule has 1 atom stereocenters. The predicted octanol–water partition coefficient (Wildman–Crippen LogP) is 4.08. The summed E-state index contributed by atoms with van der Waals surface area (Å²) in [6.45, 7) is 4.19. The Bertz CT molecular complexity index is 160. The third kappa shape index (κ3) is 11.5. The van der Waals surface area contributed by atoms with Crippen molar-refractivity contribution < 1.29 is 14.3 Å². The molecule has 0 aliphatic heterocycles. The smallest absolute Gasteiger partial charge is 0.434 e. The van der Waals surface area contributed by atoms with E-state index in [0.717, 1.165) is 12.8 Å². The van der Waals surface area contributed by atoms with Crippen LogP contribution < -0.4 is 0 Å². The van der Waals surface area contributed by atoms with Gasteiger partial charge in [-0.3, -0.25) is 0 Å². The van der Waals surface area contributed by atoms with Crippen LogP contribution in [0.3, 0.4) is 0 Å². The Labute approximate surface area is 97.1 Å². The molecule has 0 aliphatic carbocycles. The molecule has 0 saturated heterocycles. The molecule has 4 heteroatoms. The van der Waals surface area contributed by atoms with Gasteiger partial charge in [-0.2, -0.15) is 0 Å². The molecular formula is C11H21ClO3. The van der Waals surface area contributed by atoms with Crippen LogP contribution in [0.25, 0.3) is 0 Å². The van der Waals surface area contributed by atoms with Gasteiger partial charge >= 0.3 is 6.16 Å². The van der Waals surface area contributed by atoms with Crippen LogP contribution in [0.4, 0.5) is 4.79 Å². The fourth-order valence-corrected chi connectivity index (χ4v) is 1.28. The number of alkyl halides is 1. The van der Waals surface area contributed by atoms with Crippen molar-refractivity contribution in [3.8, 4) is 0 Å². The molecule has 0 bridgehead atoms. The number of halogens is 1. The second kappa shape index (κ2) is 10.1. The van der Waals surface area contributed by atoms with Crippen LogP contribution in [0.15, 0.2) is 0 Å². The Balaban J connectivity index is 3.13. The number of hydrogen-bond acceptors (Lipinski definition) is 3. The van der Waals surface area contributed by atoms with E-state index in [0.29, 0.717) is 6.61 Å². The minimum absolute atomic E-state index is 0.425. The second-order valence-electron chi connectivity index (χ2n) is 3.53. The van der Waals surface area contributed by atoms with Gasteiger partial charge < -0.3 is 9.47 Å². The van der Waals surface area contributed by atoms with Gasteiger partial charge in [0.2, 0.25) is 0 Å². The first kappa shape index (κ1) is 14.6. The maximum Gasteiger partial charge on any atom is 0.509 e. The van der Waals surface area contributed by atoms with Crippen LogP contribution in [0.5, 0.6) is 0 Å². The molecule has 0 aromatic carbocycles. The highest BCUT2D eigenvalue weighted by Gasteiger charge is 2.06. The van der Waals surface area contributed by atoms with Crippen molar-refractivity contribution >= 4 is 17.8 Å². The first-order chi connectivity index (χ1) is 7.16. The molecule has 0 N–H and O–H groups in total. The zero-order valence-electron chi connectivity index (χ0n) is 9.63. The molecule has 90 valence electrons. The third-order valence-corrected chi connectivity index (χ3v) is 2.07. The van der Waals surface area contributed by atoms with Crippen molar-refractivity contribution in [3.63, 3.8) is 0 Å². The minimum atomic E-state index is -0.675. The van der Waals surface area contributed by atoms with Crippen molar-refractivity contribution in [3.05, 3.63) is 0 Å². The summed E-state index contributed by atoms with van der Waals surface area (Å²) < 4.78 is 9.41. The molecule has 3 nitrogen and oxygen atoms in total. The average Bonchev–Trinajstić information content (AvgIpc) is 2.15. The van der Waals surface area contributed by atoms with E-state index < -0.39 is 11.7 Å². The van der Waals surface area contributed by atoms with Crippen molar-refractivity contribution in [2.45, 2.75) is 57.9 Å². The van der Waals surface area contributed by atoms with E-state index in [1.807, 2.05) is 0 Å². The van der Waals surface area contributed by atoms with Gasteiger partial charge in [0.15, 0.2) is 5.56 Å². The monoisotopic (exact) mass is 236 g/mol. The molecule has 1 unspecified atom stereocenters. The highest BCUT2D eigenvalue weighted by atomic mass is 35.5. The van der Waals surface area contributed by atoms with Gasteiger partial charge in [0.1, 0.15) is 0 Å². The number of carbonyl (C=O) groups excluding carboxylic acids is 1. The van der Waals surface area contributed by atoms with Crippen LogP contribution in [0, 0.1) is 0 Å². The van der Waals surface area contributed by atoms with Crippen LogP contribution in [-0.2, 0) is 9.47 Å². The lowest BCUT2D eigenvalue weighted by molar-refractivity contribution is 0.0486. The number of unbranched alkanes of at least 4 members (excludes halogenated alkanes) is 5.